The average molecular weight is 372 g/mol. The van der Waals surface area contributed by atoms with Gasteiger partial charge in [-0.1, -0.05) is 25.1 Å². The van der Waals surface area contributed by atoms with Gasteiger partial charge < -0.3 is 19.1 Å². The van der Waals surface area contributed by atoms with E-state index in [0.717, 1.165) is 22.8 Å². The maximum Gasteiger partial charge on any atom is 0.136 e. The molecule has 0 spiro atoms. The van der Waals surface area contributed by atoms with Crippen LogP contribution in [0.1, 0.15) is 12.5 Å². The molecule has 1 aromatic heterocycles. The minimum atomic E-state index is -0.452. The molecular formula is C21H25NO3S. The number of hydrogen-bond donors (Lipinski definition) is 1. The Hall–Kier alpha value is -2.11. The molecule has 0 aliphatic heterocycles. The van der Waals surface area contributed by atoms with Gasteiger partial charge >= 0.3 is 0 Å². The van der Waals surface area contributed by atoms with Gasteiger partial charge in [-0.15, -0.1) is 11.8 Å². The molecule has 0 saturated carbocycles. The molecule has 2 aromatic carbocycles. The van der Waals surface area contributed by atoms with Crippen molar-refractivity contribution in [1.82, 2.24) is 4.57 Å². The highest BCUT2D eigenvalue weighted by Gasteiger charge is 2.12. The van der Waals surface area contributed by atoms with Crippen LogP contribution < -0.4 is 9.47 Å². The predicted molar refractivity (Wildman–Crippen MR) is 108 cm³/mol. The lowest BCUT2D eigenvalue weighted by atomic mass is 10.1. The summed E-state index contributed by atoms with van der Waals surface area (Å²) in [7, 11) is 3.28. The van der Waals surface area contributed by atoms with E-state index in [4.69, 9.17) is 9.47 Å². The maximum atomic E-state index is 10.6. The van der Waals surface area contributed by atoms with E-state index in [1.165, 1.54) is 16.5 Å². The van der Waals surface area contributed by atoms with E-state index in [1.807, 2.05) is 18.2 Å². The number of para-hydroxylation sites is 1. The SMILES string of the molecule is CCc1cccc2ccn(CC(O)CSc3ccc(OC)cc3OC)c12. The fraction of sp³-hybridized carbons (Fsp3) is 0.333. The van der Waals surface area contributed by atoms with Gasteiger partial charge in [0.2, 0.25) is 0 Å². The van der Waals surface area contributed by atoms with E-state index in [1.54, 1.807) is 26.0 Å². The van der Waals surface area contributed by atoms with Gasteiger partial charge in [-0.2, -0.15) is 0 Å². The number of hydrogen-bond acceptors (Lipinski definition) is 4. The third-order valence-electron chi connectivity index (χ3n) is 4.46. The van der Waals surface area contributed by atoms with E-state index < -0.39 is 6.10 Å². The van der Waals surface area contributed by atoms with Crippen molar-refractivity contribution in [3.8, 4) is 11.5 Å². The van der Waals surface area contributed by atoms with Crippen LogP contribution in [0, 0.1) is 0 Å². The second-order valence-corrected chi connectivity index (χ2v) is 7.22. The first-order valence-corrected chi connectivity index (χ1v) is 9.74. The number of aliphatic hydroxyl groups excluding tert-OH is 1. The Bertz CT molecular complexity index is 875. The van der Waals surface area contributed by atoms with Gasteiger partial charge in [0.1, 0.15) is 11.5 Å². The first-order chi connectivity index (χ1) is 12.7. The number of ether oxygens (including phenoxy) is 2. The zero-order chi connectivity index (χ0) is 18.5. The fourth-order valence-electron chi connectivity index (χ4n) is 3.14. The molecule has 0 aliphatic rings. The molecular weight excluding hydrogens is 346 g/mol. The zero-order valence-electron chi connectivity index (χ0n) is 15.4. The van der Waals surface area contributed by atoms with Crippen molar-refractivity contribution in [2.45, 2.75) is 30.9 Å². The van der Waals surface area contributed by atoms with Crippen molar-refractivity contribution in [3.63, 3.8) is 0 Å². The average Bonchev–Trinajstić information content (AvgIpc) is 3.09. The Morgan fingerprint density at radius 3 is 2.69 bits per heavy atom. The van der Waals surface area contributed by atoms with E-state index in [2.05, 4.69) is 42.0 Å². The molecule has 5 heteroatoms. The van der Waals surface area contributed by atoms with Crippen molar-refractivity contribution in [2.75, 3.05) is 20.0 Å². The first-order valence-electron chi connectivity index (χ1n) is 8.75. The summed E-state index contributed by atoms with van der Waals surface area (Å²) >= 11 is 1.59. The summed E-state index contributed by atoms with van der Waals surface area (Å²) < 4.78 is 12.8. The lowest BCUT2D eigenvalue weighted by Gasteiger charge is -2.15. The molecule has 1 atom stereocenters. The van der Waals surface area contributed by atoms with Gasteiger partial charge in [0.05, 0.1) is 25.8 Å². The molecule has 1 heterocycles. The molecule has 3 rings (SSSR count). The van der Waals surface area contributed by atoms with Crippen LogP contribution in [0.25, 0.3) is 10.9 Å². The third kappa shape index (κ3) is 4.00. The summed E-state index contributed by atoms with van der Waals surface area (Å²) in [5, 5.41) is 11.8. The topological polar surface area (TPSA) is 43.6 Å². The van der Waals surface area contributed by atoms with Gasteiger partial charge in [-0.25, -0.2) is 0 Å². The first kappa shape index (κ1) is 18.7. The summed E-state index contributed by atoms with van der Waals surface area (Å²) in [4.78, 5) is 0.999. The summed E-state index contributed by atoms with van der Waals surface area (Å²) in [6.07, 6.45) is 2.59. The number of rotatable bonds is 8. The monoisotopic (exact) mass is 371 g/mol. The van der Waals surface area contributed by atoms with Crippen LogP contribution in [-0.4, -0.2) is 35.8 Å². The third-order valence-corrected chi connectivity index (χ3v) is 5.66. The number of fused-ring (bicyclic) bond motifs is 1. The summed E-state index contributed by atoms with van der Waals surface area (Å²) in [5.41, 5.74) is 2.53. The molecule has 0 saturated heterocycles. The minimum absolute atomic E-state index is 0.452. The Morgan fingerprint density at radius 1 is 1.12 bits per heavy atom. The molecule has 138 valence electrons. The largest absolute Gasteiger partial charge is 0.497 e. The molecule has 1 unspecified atom stereocenters. The van der Waals surface area contributed by atoms with Gasteiger partial charge in [-0.3, -0.25) is 0 Å². The van der Waals surface area contributed by atoms with Crippen molar-refractivity contribution in [2.24, 2.45) is 0 Å². The molecule has 1 N–H and O–H groups in total. The molecule has 0 amide bonds. The van der Waals surface area contributed by atoms with Gasteiger partial charge in [-0.05, 0) is 35.6 Å². The van der Waals surface area contributed by atoms with Crippen LogP contribution in [0.5, 0.6) is 11.5 Å². The summed E-state index contributed by atoms with van der Waals surface area (Å²) in [6.45, 7) is 2.74. The highest BCUT2D eigenvalue weighted by molar-refractivity contribution is 7.99. The van der Waals surface area contributed by atoms with E-state index in [9.17, 15) is 5.11 Å². The van der Waals surface area contributed by atoms with Gasteiger partial charge in [0, 0.05) is 29.5 Å². The van der Waals surface area contributed by atoms with Gasteiger partial charge in [0.25, 0.3) is 0 Å². The molecule has 0 fully saturated rings. The number of nitrogens with zero attached hydrogens (tertiary/aromatic N) is 1. The number of methoxy groups -OCH3 is 2. The van der Waals surface area contributed by atoms with Crippen LogP contribution in [0.2, 0.25) is 0 Å². The van der Waals surface area contributed by atoms with Crippen LogP contribution >= 0.6 is 11.8 Å². The van der Waals surface area contributed by atoms with Crippen molar-refractivity contribution < 1.29 is 14.6 Å². The Balaban J connectivity index is 1.69. The van der Waals surface area contributed by atoms with Crippen LogP contribution in [-0.2, 0) is 13.0 Å². The highest BCUT2D eigenvalue weighted by atomic mass is 32.2. The number of benzene rings is 2. The minimum Gasteiger partial charge on any atom is -0.497 e. The second-order valence-electron chi connectivity index (χ2n) is 6.16. The van der Waals surface area contributed by atoms with Crippen molar-refractivity contribution >= 4 is 22.7 Å². The maximum absolute atomic E-state index is 10.6. The zero-order valence-corrected chi connectivity index (χ0v) is 16.3. The van der Waals surface area contributed by atoms with Crippen molar-refractivity contribution in [3.05, 3.63) is 54.2 Å². The molecule has 0 bridgehead atoms. The van der Waals surface area contributed by atoms with Crippen molar-refractivity contribution in [1.29, 1.82) is 0 Å². The van der Waals surface area contributed by atoms with Crippen LogP contribution in [0.15, 0.2) is 53.6 Å². The molecule has 0 aliphatic carbocycles. The number of aromatic nitrogens is 1. The van der Waals surface area contributed by atoms with Crippen LogP contribution in [0.4, 0.5) is 0 Å². The molecule has 4 nitrogen and oxygen atoms in total. The standard InChI is InChI=1S/C21H25NO3S/c1-4-15-6-5-7-16-10-11-22(21(15)16)13-17(23)14-26-20-9-8-18(24-2)12-19(20)25-3/h5-12,17,23H,4,13-14H2,1-3H3. The van der Waals surface area contributed by atoms with E-state index >= 15 is 0 Å². The number of thioether (sulfide) groups is 1. The lowest BCUT2D eigenvalue weighted by Crippen LogP contribution is -2.18. The van der Waals surface area contributed by atoms with Crippen LogP contribution in [0.3, 0.4) is 0 Å². The normalized spacial score (nSPS) is 12.3. The molecule has 0 radical (unpaired) electrons. The van der Waals surface area contributed by atoms with E-state index in [-0.39, 0.29) is 0 Å². The highest BCUT2D eigenvalue weighted by Crippen LogP contribution is 2.33. The Kier molecular flexibility index (Phi) is 6.12. The Labute approximate surface area is 158 Å². The number of aryl methyl sites for hydroxylation is 1. The number of aliphatic hydroxyl groups is 1. The smallest absolute Gasteiger partial charge is 0.136 e. The fourth-order valence-corrected chi connectivity index (χ4v) is 4.06. The van der Waals surface area contributed by atoms with E-state index in [0.29, 0.717) is 12.3 Å². The molecule has 26 heavy (non-hydrogen) atoms. The lowest BCUT2D eigenvalue weighted by molar-refractivity contribution is 0.180. The summed E-state index contributed by atoms with van der Waals surface area (Å²) in [5.74, 6) is 2.12. The quantitative estimate of drug-likeness (QED) is 0.597. The summed E-state index contributed by atoms with van der Waals surface area (Å²) in [6, 6.07) is 14.2. The Morgan fingerprint density at radius 2 is 1.96 bits per heavy atom. The predicted octanol–water partition coefficient (Wildman–Crippen LogP) is 4.37. The van der Waals surface area contributed by atoms with Gasteiger partial charge in [0.15, 0.2) is 0 Å². The molecule has 3 aromatic rings. The second kappa shape index (κ2) is 8.52.